The van der Waals surface area contributed by atoms with Gasteiger partial charge in [-0.15, -0.1) is 0 Å². The highest BCUT2D eigenvalue weighted by molar-refractivity contribution is 7.17. The molecule has 5 nitrogen and oxygen atoms in total. The first-order valence-electron chi connectivity index (χ1n) is 3.85. The molecule has 0 unspecified atom stereocenters. The Hall–Kier alpha value is -2.00. The lowest BCUT2D eigenvalue weighted by molar-refractivity contribution is -0.380. The summed E-state index contributed by atoms with van der Waals surface area (Å²) in [7, 11) is 0. The van der Waals surface area contributed by atoms with Crippen molar-refractivity contribution in [3.05, 3.63) is 26.6 Å². The first-order valence-corrected chi connectivity index (χ1v) is 4.66. The van der Waals surface area contributed by atoms with Gasteiger partial charge in [0.05, 0.1) is 16.2 Å². The Kier molecular flexibility index (Phi) is 3.71. The third kappa shape index (κ3) is 2.72. The fraction of sp³-hybridized carbons (Fsp3) is 0.111. The molecule has 0 aliphatic rings. The van der Waals surface area contributed by atoms with E-state index in [2.05, 4.69) is 11.8 Å². The molecule has 0 aliphatic heterocycles. The van der Waals surface area contributed by atoms with E-state index in [0.717, 1.165) is 11.3 Å². The van der Waals surface area contributed by atoms with Crippen molar-refractivity contribution >= 4 is 28.9 Å². The lowest BCUT2D eigenvalue weighted by atomic mass is 10.3. The van der Waals surface area contributed by atoms with Gasteiger partial charge in [0, 0.05) is 0 Å². The quantitative estimate of drug-likeness (QED) is 0.336. The van der Waals surface area contributed by atoms with Crippen LogP contribution in [-0.2, 0) is 4.79 Å². The second-order valence-corrected chi connectivity index (χ2v) is 3.48. The number of rotatable bonds is 3. The molecule has 1 heterocycles. The Labute approximate surface area is 88.9 Å². The second-order valence-electron chi connectivity index (χ2n) is 2.42. The van der Waals surface area contributed by atoms with Crippen LogP contribution in [0.2, 0.25) is 0 Å². The largest absolute Gasteiger partial charge is 0.340 e. The van der Waals surface area contributed by atoms with Crippen LogP contribution in [0.15, 0.2) is 6.07 Å². The molecule has 0 radical (unpaired) electrons. The molecule has 0 saturated carbocycles. The zero-order valence-corrected chi connectivity index (χ0v) is 8.24. The molecule has 15 heavy (non-hydrogen) atoms. The van der Waals surface area contributed by atoms with Crippen molar-refractivity contribution in [3.8, 4) is 11.8 Å². The summed E-state index contributed by atoms with van der Waals surface area (Å²) >= 11 is 0.768. The highest BCUT2D eigenvalue weighted by Crippen LogP contribution is 2.28. The maximum absolute atomic E-state index is 10.5. The predicted molar refractivity (Wildman–Crippen MR) is 53.9 cm³/mol. The maximum atomic E-state index is 10.5. The van der Waals surface area contributed by atoms with Gasteiger partial charge in [0.2, 0.25) is 0 Å². The summed E-state index contributed by atoms with van der Waals surface area (Å²) in [6, 6.07) is 1.34. The number of hydrogen-bond acceptors (Lipinski definition) is 5. The zero-order valence-electron chi connectivity index (χ0n) is 7.43. The van der Waals surface area contributed by atoms with E-state index in [1.165, 1.54) is 6.07 Å². The topological polar surface area (TPSA) is 77.3 Å². The van der Waals surface area contributed by atoms with Gasteiger partial charge in [0.15, 0.2) is 6.29 Å². The normalized spacial score (nSPS) is 8.80. The van der Waals surface area contributed by atoms with E-state index in [4.69, 9.17) is 0 Å². The number of carbonyl (C=O) groups excluding carboxylic acids is 2. The van der Waals surface area contributed by atoms with Crippen LogP contribution < -0.4 is 0 Å². The van der Waals surface area contributed by atoms with Crippen LogP contribution in [0.1, 0.15) is 21.7 Å². The van der Waals surface area contributed by atoms with Crippen molar-refractivity contribution in [1.82, 2.24) is 0 Å². The van der Waals surface area contributed by atoms with Gasteiger partial charge in [-0.2, -0.15) is 0 Å². The molecular formula is C9H5NO4S. The number of nitrogens with zero attached hydrogens (tertiary/aromatic N) is 1. The minimum absolute atomic E-state index is 0.0173. The standard InChI is InChI=1S/C9H5NO4S/c11-4-2-1-3-7-5-8(6-12)15-9(7)10(13)14/h4-6H,2H2. The molecule has 0 saturated heterocycles. The van der Waals surface area contributed by atoms with Crippen LogP contribution in [0.3, 0.4) is 0 Å². The molecule has 0 amide bonds. The van der Waals surface area contributed by atoms with Crippen LogP contribution in [0.25, 0.3) is 0 Å². The molecule has 0 bridgehead atoms. The van der Waals surface area contributed by atoms with Crippen LogP contribution in [-0.4, -0.2) is 17.5 Å². The molecule has 6 heteroatoms. The maximum Gasteiger partial charge on any atom is 0.340 e. The van der Waals surface area contributed by atoms with Gasteiger partial charge in [0.1, 0.15) is 11.8 Å². The summed E-state index contributed by atoms with van der Waals surface area (Å²) in [5, 5.41) is 10.4. The first kappa shape index (κ1) is 11.1. The molecule has 1 aromatic heterocycles. The van der Waals surface area contributed by atoms with Crippen molar-refractivity contribution in [2.75, 3.05) is 0 Å². The predicted octanol–water partition coefficient (Wildman–Crippen LogP) is 1.41. The number of hydrogen-bond donors (Lipinski definition) is 0. The van der Waals surface area contributed by atoms with Crippen molar-refractivity contribution < 1.29 is 14.5 Å². The van der Waals surface area contributed by atoms with Crippen molar-refractivity contribution in [2.45, 2.75) is 6.42 Å². The fourth-order valence-corrected chi connectivity index (χ4v) is 1.61. The average molecular weight is 223 g/mol. The molecule has 0 fully saturated rings. The Morgan fingerprint density at radius 2 is 2.27 bits per heavy atom. The van der Waals surface area contributed by atoms with Gasteiger partial charge < -0.3 is 4.79 Å². The molecule has 76 valence electrons. The van der Waals surface area contributed by atoms with E-state index in [-0.39, 0.29) is 21.9 Å². The number of nitro groups is 1. The lowest BCUT2D eigenvalue weighted by Gasteiger charge is -1.83. The van der Waals surface area contributed by atoms with E-state index in [1.807, 2.05) is 0 Å². The highest BCUT2D eigenvalue weighted by atomic mass is 32.1. The average Bonchev–Trinajstić information content (AvgIpc) is 2.62. The van der Waals surface area contributed by atoms with Crippen molar-refractivity contribution in [3.63, 3.8) is 0 Å². The minimum Gasteiger partial charge on any atom is -0.302 e. The molecule has 0 spiro atoms. The number of carbonyl (C=O) groups is 2. The summed E-state index contributed by atoms with van der Waals surface area (Å²) in [6.07, 6.45) is 1.15. The van der Waals surface area contributed by atoms with Gasteiger partial charge in [-0.05, 0) is 6.07 Å². The van der Waals surface area contributed by atoms with E-state index in [0.29, 0.717) is 12.6 Å². The van der Waals surface area contributed by atoms with E-state index in [1.54, 1.807) is 0 Å². The highest BCUT2D eigenvalue weighted by Gasteiger charge is 2.17. The Morgan fingerprint density at radius 1 is 1.53 bits per heavy atom. The summed E-state index contributed by atoms with van der Waals surface area (Å²) < 4.78 is 0. The molecule has 1 aromatic rings. The Bertz CT molecular complexity index is 466. The van der Waals surface area contributed by atoms with E-state index >= 15 is 0 Å². The van der Waals surface area contributed by atoms with Gasteiger partial charge in [-0.3, -0.25) is 14.9 Å². The van der Waals surface area contributed by atoms with E-state index in [9.17, 15) is 19.7 Å². The Balaban J connectivity index is 3.10. The van der Waals surface area contributed by atoms with Gasteiger partial charge in [-0.25, -0.2) is 0 Å². The van der Waals surface area contributed by atoms with Gasteiger partial charge >= 0.3 is 5.00 Å². The van der Waals surface area contributed by atoms with Crippen LogP contribution in [0, 0.1) is 22.0 Å². The SMILES string of the molecule is O=CCC#Cc1cc(C=O)sc1[N+](=O)[O-]. The smallest absolute Gasteiger partial charge is 0.302 e. The van der Waals surface area contributed by atoms with Crippen LogP contribution >= 0.6 is 11.3 Å². The Morgan fingerprint density at radius 3 is 2.80 bits per heavy atom. The number of thiophene rings is 1. The van der Waals surface area contributed by atoms with Crippen molar-refractivity contribution in [2.24, 2.45) is 0 Å². The minimum atomic E-state index is -0.595. The third-order valence-electron chi connectivity index (χ3n) is 1.42. The summed E-state index contributed by atoms with van der Waals surface area (Å²) in [5.74, 6) is 4.93. The van der Waals surface area contributed by atoms with Crippen LogP contribution in [0.5, 0.6) is 0 Å². The molecule has 0 aliphatic carbocycles. The molecular weight excluding hydrogens is 218 g/mol. The third-order valence-corrected chi connectivity index (χ3v) is 2.43. The zero-order chi connectivity index (χ0) is 11.3. The van der Waals surface area contributed by atoms with Crippen LogP contribution in [0.4, 0.5) is 5.00 Å². The summed E-state index contributed by atoms with van der Waals surface area (Å²) in [5.41, 5.74) is 0.175. The lowest BCUT2D eigenvalue weighted by Crippen LogP contribution is -1.85. The van der Waals surface area contributed by atoms with E-state index < -0.39 is 4.92 Å². The molecule has 0 N–H and O–H groups in total. The van der Waals surface area contributed by atoms with Gasteiger partial charge in [0.25, 0.3) is 0 Å². The first-order chi connectivity index (χ1) is 7.19. The summed E-state index contributed by atoms with van der Waals surface area (Å²) in [4.78, 5) is 30.6. The molecule has 0 aromatic carbocycles. The molecule has 0 atom stereocenters. The van der Waals surface area contributed by atoms with Crippen molar-refractivity contribution in [1.29, 1.82) is 0 Å². The fourth-order valence-electron chi connectivity index (χ4n) is 0.871. The summed E-state index contributed by atoms with van der Waals surface area (Å²) in [6.45, 7) is 0. The number of aldehydes is 2. The molecule has 1 rings (SSSR count). The monoisotopic (exact) mass is 223 g/mol. The van der Waals surface area contributed by atoms with Gasteiger partial charge in [-0.1, -0.05) is 23.2 Å². The second kappa shape index (κ2) is 5.02.